The maximum Gasteiger partial charge on any atom is 0.340 e. The van der Waals surface area contributed by atoms with Gasteiger partial charge in [0, 0.05) is 27.3 Å². The molecule has 0 bridgehead atoms. The summed E-state index contributed by atoms with van der Waals surface area (Å²) in [5.74, 6) is -2.55. The second-order valence-corrected chi connectivity index (χ2v) is 5.80. The van der Waals surface area contributed by atoms with E-state index in [-0.39, 0.29) is 11.3 Å². The quantitative estimate of drug-likeness (QED) is 0.829. The fourth-order valence-electron chi connectivity index (χ4n) is 1.58. The second kappa shape index (κ2) is 6.32. The molecular formula is C13H10BrF2NO2S. The molecule has 0 amide bonds. The number of halogens is 3. The van der Waals surface area contributed by atoms with Crippen molar-refractivity contribution >= 4 is 38.9 Å². The summed E-state index contributed by atoms with van der Waals surface area (Å²) in [6, 6.07) is 3.67. The van der Waals surface area contributed by atoms with Crippen molar-refractivity contribution in [1.82, 2.24) is 0 Å². The first-order valence-electron chi connectivity index (χ1n) is 5.55. The van der Waals surface area contributed by atoms with Crippen LogP contribution in [0.4, 0.5) is 14.5 Å². The Kier molecular flexibility index (Phi) is 4.72. The lowest BCUT2D eigenvalue weighted by atomic mass is 10.1. The van der Waals surface area contributed by atoms with Gasteiger partial charge in [-0.05, 0) is 28.1 Å². The number of anilines is 1. The van der Waals surface area contributed by atoms with E-state index in [4.69, 9.17) is 0 Å². The van der Waals surface area contributed by atoms with Gasteiger partial charge in [0.25, 0.3) is 0 Å². The van der Waals surface area contributed by atoms with Crippen LogP contribution in [0.15, 0.2) is 28.1 Å². The molecule has 2 aromatic rings. The highest BCUT2D eigenvalue weighted by Gasteiger charge is 2.16. The van der Waals surface area contributed by atoms with Gasteiger partial charge in [-0.1, -0.05) is 0 Å². The molecule has 1 aromatic carbocycles. The Bertz CT molecular complexity index is 645. The number of ether oxygens (including phenoxy) is 1. The van der Waals surface area contributed by atoms with Crippen LogP contribution in [0.3, 0.4) is 0 Å². The highest BCUT2D eigenvalue weighted by atomic mass is 79.9. The molecule has 20 heavy (non-hydrogen) atoms. The zero-order chi connectivity index (χ0) is 14.7. The lowest BCUT2D eigenvalue weighted by Gasteiger charge is -2.09. The van der Waals surface area contributed by atoms with E-state index in [1.807, 2.05) is 11.4 Å². The van der Waals surface area contributed by atoms with Crippen molar-refractivity contribution < 1.29 is 18.3 Å². The number of hydrogen-bond donors (Lipinski definition) is 1. The Balaban J connectivity index is 2.20. The first kappa shape index (κ1) is 14.9. The van der Waals surface area contributed by atoms with Crippen LogP contribution in [-0.4, -0.2) is 13.1 Å². The van der Waals surface area contributed by atoms with Crippen molar-refractivity contribution in [3.63, 3.8) is 0 Å². The molecule has 2 rings (SSSR count). The topological polar surface area (TPSA) is 38.3 Å². The van der Waals surface area contributed by atoms with Gasteiger partial charge in [0.05, 0.1) is 18.4 Å². The molecule has 0 saturated carbocycles. The van der Waals surface area contributed by atoms with Crippen molar-refractivity contribution in [2.75, 3.05) is 12.4 Å². The smallest absolute Gasteiger partial charge is 0.340 e. The van der Waals surface area contributed by atoms with Crippen LogP contribution in [0.1, 0.15) is 15.2 Å². The fraction of sp³-hybridized carbons (Fsp3) is 0.154. The molecule has 0 fully saturated rings. The number of hydrogen-bond acceptors (Lipinski definition) is 4. The largest absolute Gasteiger partial charge is 0.465 e. The van der Waals surface area contributed by atoms with Crippen molar-refractivity contribution in [3.8, 4) is 0 Å². The molecule has 0 unspecified atom stereocenters. The molecule has 106 valence electrons. The van der Waals surface area contributed by atoms with Gasteiger partial charge in [-0.3, -0.25) is 0 Å². The summed E-state index contributed by atoms with van der Waals surface area (Å²) in [6.45, 7) is 0.374. The lowest BCUT2D eigenvalue weighted by Crippen LogP contribution is -2.08. The molecular weight excluding hydrogens is 352 g/mol. The van der Waals surface area contributed by atoms with Gasteiger partial charge in [0.15, 0.2) is 0 Å². The van der Waals surface area contributed by atoms with Crippen LogP contribution in [0.2, 0.25) is 0 Å². The first-order chi connectivity index (χ1) is 9.51. The van der Waals surface area contributed by atoms with E-state index < -0.39 is 17.6 Å². The average molecular weight is 362 g/mol. The van der Waals surface area contributed by atoms with Crippen LogP contribution in [0.5, 0.6) is 0 Å². The van der Waals surface area contributed by atoms with Gasteiger partial charge < -0.3 is 10.1 Å². The van der Waals surface area contributed by atoms with Gasteiger partial charge in [0.2, 0.25) is 0 Å². The molecule has 0 spiro atoms. The number of carbonyl (C=O) groups excluding carboxylic acids is 1. The number of benzene rings is 1. The van der Waals surface area contributed by atoms with Crippen molar-refractivity contribution in [3.05, 3.63) is 50.1 Å². The van der Waals surface area contributed by atoms with E-state index in [1.54, 1.807) is 0 Å². The van der Waals surface area contributed by atoms with Crippen LogP contribution in [0.25, 0.3) is 0 Å². The molecule has 0 aliphatic carbocycles. The highest BCUT2D eigenvalue weighted by Crippen LogP contribution is 2.24. The summed E-state index contributed by atoms with van der Waals surface area (Å²) in [5, 5.41) is 4.73. The minimum Gasteiger partial charge on any atom is -0.465 e. The third-order valence-electron chi connectivity index (χ3n) is 2.54. The number of carbonyl (C=O) groups is 1. The van der Waals surface area contributed by atoms with E-state index in [0.717, 1.165) is 22.5 Å². The van der Waals surface area contributed by atoms with Crippen LogP contribution in [0, 0.1) is 11.6 Å². The number of rotatable bonds is 4. The minimum atomic E-state index is -0.946. The maximum atomic E-state index is 13.6. The Hall–Kier alpha value is -1.47. The molecule has 0 atom stereocenters. The number of nitrogens with one attached hydrogen (secondary N) is 1. The van der Waals surface area contributed by atoms with Crippen LogP contribution >= 0.6 is 27.3 Å². The molecule has 1 N–H and O–H groups in total. The Labute approximate surface area is 126 Å². The number of thiophene rings is 1. The maximum absolute atomic E-state index is 13.6. The predicted octanol–water partition coefficient (Wildman–Crippen LogP) is 4.19. The molecule has 0 radical (unpaired) electrons. The summed E-state index contributed by atoms with van der Waals surface area (Å²) in [5.41, 5.74) is -0.250. The molecule has 1 heterocycles. The zero-order valence-electron chi connectivity index (χ0n) is 10.4. The van der Waals surface area contributed by atoms with Gasteiger partial charge in [-0.15, -0.1) is 11.3 Å². The normalized spacial score (nSPS) is 10.4. The number of esters is 1. The summed E-state index contributed by atoms with van der Waals surface area (Å²) >= 11 is 4.82. The van der Waals surface area contributed by atoms with Gasteiger partial charge in [-0.25, -0.2) is 13.6 Å². The van der Waals surface area contributed by atoms with Crippen LogP contribution < -0.4 is 5.32 Å². The predicted molar refractivity (Wildman–Crippen MR) is 77.0 cm³/mol. The van der Waals surface area contributed by atoms with E-state index in [0.29, 0.717) is 12.6 Å². The lowest BCUT2D eigenvalue weighted by molar-refractivity contribution is 0.0595. The average Bonchev–Trinajstić information content (AvgIpc) is 2.83. The third-order valence-corrected chi connectivity index (χ3v) is 4.23. The SMILES string of the molecule is COC(=O)c1cc(NCc2cc(Br)cs2)c(F)cc1F. The third kappa shape index (κ3) is 3.34. The van der Waals surface area contributed by atoms with Crippen molar-refractivity contribution in [1.29, 1.82) is 0 Å². The minimum absolute atomic E-state index is 0.0522. The monoisotopic (exact) mass is 361 g/mol. The van der Waals surface area contributed by atoms with Crippen LogP contribution in [-0.2, 0) is 11.3 Å². The second-order valence-electron chi connectivity index (χ2n) is 3.89. The Morgan fingerprint density at radius 1 is 1.35 bits per heavy atom. The molecule has 0 aliphatic rings. The van der Waals surface area contributed by atoms with E-state index in [1.165, 1.54) is 11.3 Å². The molecule has 0 saturated heterocycles. The molecule has 3 nitrogen and oxygen atoms in total. The van der Waals surface area contributed by atoms with E-state index >= 15 is 0 Å². The standard InChI is InChI=1S/C13H10BrF2NO2S/c1-19-13(18)9-3-12(11(16)4-10(9)15)17-5-8-2-7(14)6-20-8/h2-4,6,17H,5H2,1H3. The highest BCUT2D eigenvalue weighted by molar-refractivity contribution is 9.10. The summed E-state index contributed by atoms with van der Waals surface area (Å²) in [6.07, 6.45) is 0. The van der Waals surface area contributed by atoms with Gasteiger partial charge in [-0.2, -0.15) is 0 Å². The molecule has 1 aromatic heterocycles. The first-order valence-corrected chi connectivity index (χ1v) is 7.22. The summed E-state index contributed by atoms with van der Waals surface area (Å²) in [7, 11) is 1.14. The zero-order valence-corrected chi connectivity index (χ0v) is 12.8. The molecule has 0 aliphatic heterocycles. The van der Waals surface area contributed by atoms with Gasteiger partial charge in [0.1, 0.15) is 11.6 Å². The number of methoxy groups -OCH3 is 1. The fourth-order valence-corrected chi connectivity index (χ4v) is 2.97. The molecule has 7 heteroatoms. The van der Waals surface area contributed by atoms with E-state index in [2.05, 4.69) is 26.0 Å². The summed E-state index contributed by atoms with van der Waals surface area (Å²) in [4.78, 5) is 12.3. The van der Waals surface area contributed by atoms with Crippen molar-refractivity contribution in [2.24, 2.45) is 0 Å². The van der Waals surface area contributed by atoms with Gasteiger partial charge >= 0.3 is 5.97 Å². The Morgan fingerprint density at radius 2 is 2.10 bits per heavy atom. The summed E-state index contributed by atoms with van der Waals surface area (Å²) < 4.78 is 32.5. The Morgan fingerprint density at radius 3 is 2.70 bits per heavy atom. The van der Waals surface area contributed by atoms with E-state index in [9.17, 15) is 13.6 Å². The van der Waals surface area contributed by atoms with Crippen molar-refractivity contribution in [2.45, 2.75) is 6.54 Å².